The third-order valence-corrected chi connectivity index (χ3v) is 11.8. The van der Waals surface area contributed by atoms with Crippen LogP contribution in [0.4, 0.5) is 0 Å². The molecule has 0 aromatic carbocycles. The van der Waals surface area contributed by atoms with Crippen LogP contribution in [0.1, 0.15) is 284 Å². The van der Waals surface area contributed by atoms with Crippen molar-refractivity contribution in [2.45, 2.75) is 296 Å². The Morgan fingerprint density at radius 2 is 0.704 bits per heavy atom. The Morgan fingerprint density at radius 1 is 0.426 bits per heavy atom. The van der Waals surface area contributed by atoms with Crippen molar-refractivity contribution in [3.8, 4) is 0 Å². The number of nitrogens with one attached hydrogen (secondary N) is 1. The third kappa shape index (κ3) is 42.3. The second kappa shape index (κ2) is 46.5. The lowest BCUT2D eigenvalue weighted by molar-refractivity contribution is -0.123. The molecular formula is C50H99NO3. The summed E-state index contributed by atoms with van der Waals surface area (Å²) in [6.45, 7) is 4.39. The molecule has 4 heteroatoms. The molecule has 0 rings (SSSR count). The van der Waals surface area contributed by atoms with Crippen molar-refractivity contribution >= 4 is 5.91 Å². The number of aliphatic hydroxyl groups excluding tert-OH is 2. The minimum Gasteiger partial charge on any atom is -0.394 e. The Hall–Kier alpha value is -0.870. The molecule has 0 aromatic heterocycles. The molecule has 0 saturated heterocycles. The topological polar surface area (TPSA) is 69.6 Å². The smallest absolute Gasteiger partial charge is 0.220 e. The molecule has 54 heavy (non-hydrogen) atoms. The maximum Gasteiger partial charge on any atom is 0.220 e. The Bertz CT molecular complexity index is 739. The van der Waals surface area contributed by atoms with E-state index in [0.717, 1.165) is 25.7 Å². The standard InChI is InChI=1S/C50H99NO3/c1-3-5-7-9-11-13-15-17-19-21-23-24-25-26-27-28-30-32-34-36-38-40-42-44-46-50(54)51-48(47-52)49(53)45-43-41-39-37-35-33-31-29-22-20-18-16-14-12-10-8-6-4-2/h26-27,48-49,52-53H,3-25,28-47H2,1-2H3,(H,51,54)/b27-26-. The fourth-order valence-electron chi connectivity index (χ4n) is 7.95. The highest BCUT2D eigenvalue weighted by molar-refractivity contribution is 5.76. The Labute approximate surface area is 339 Å². The molecule has 0 heterocycles. The van der Waals surface area contributed by atoms with E-state index < -0.39 is 12.1 Å². The van der Waals surface area contributed by atoms with E-state index in [2.05, 4.69) is 31.3 Å². The summed E-state index contributed by atoms with van der Waals surface area (Å²) in [7, 11) is 0. The summed E-state index contributed by atoms with van der Waals surface area (Å²) in [4.78, 5) is 12.4. The number of amides is 1. The zero-order chi connectivity index (χ0) is 39.3. The van der Waals surface area contributed by atoms with Crippen molar-refractivity contribution < 1.29 is 15.0 Å². The molecule has 0 radical (unpaired) electrons. The number of hydrogen-bond acceptors (Lipinski definition) is 3. The lowest BCUT2D eigenvalue weighted by atomic mass is 10.0. The van der Waals surface area contributed by atoms with E-state index in [9.17, 15) is 15.0 Å². The lowest BCUT2D eigenvalue weighted by Crippen LogP contribution is -2.45. The molecule has 0 aliphatic rings. The van der Waals surface area contributed by atoms with Gasteiger partial charge in [-0.15, -0.1) is 0 Å². The van der Waals surface area contributed by atoms with Gasteiger partial charge in [0.25, 0.3) is 0 Å². The van der Waals surface area contributed by atoms with Gasteiger partial charge in [0.15, 0.2) is 0 Å². The van der Waals surface area contributed by atoms with Crippen molar-refractivity contribution in [1.29, 1.82) is 0 Å². The monoisotopic (exact) mass is 762 g/mol. The summed E-state index contributed by atoms with van der Waals surface area (Å²) < 4.78 is 0. The molecular weight excluding hydrogens is 663 g/mol. The van der Waals surface area contributed by atoms with Gasteiger partial charge in [0.05, 0.1) is 18.8 Å². The van der Waals surface area contributed by atoms with Crippen LogP contribution in [0.2, 0.25) is 0 Å². The predicted octanol–water partition coefficient (Wildman–Crippen LogP) is 15.8. The Balaban J connectivity index is 3.46. The van der Waals surface area contributed by atoms with Gasteiger partial charge < -0.3 is 15.5 Å². The number of carbonyl (C=O) groups is 1. The van der Waals surface area contributed by atoms with Gasteiger partial charge in [-0.05, 0) is 38.5 Å². The summed E-state index contributed by atoms with van der Waals surface area (Å²) in [6.07, 6.45) is 58.8. The Kier molecular flexibility index (Phi) is 45.8. The zero-order valence-corrected chi connectivity index (χ0v) is 37.0. The first-order valence-corrected chi connectivity index (χ1v) is 24.9. The number of allylic oxidation sites excluding steroid dienone is 2. The predicted molar refractivity (Wildman–Crippen MR) is 239 cm³/mol. The average Bonchev–Trinajstić information content (AvgIpc) is 3.18. The van der Waals surface area contributed by atoms with Gasteiger partial charge in [-0.1, -0.05) is 251 Å². The summed E-state index contributed by atoms with van der Waals surface area (Å²) >= 11 is 0. The molecule has 0 fully saturated rings. The summed E-state index contributed by atoms with van der Waals surface area (Å²) in [5.74, 6) is -0.0298. The summed E-state index contributed by atoms with van der Waals surface area (Å²) in [5, 5.41) is 23.3. The number of carbonyl (C=O) groups excluding carboxylic acids is 1. The van der Waals surface area contributed by atoms with Crippen LogP contribution < -0.4 is 5.32 Å². The van der Waals surface area contributed by atoms with E-state index in [1.807, 2.05) is 0 Å². The molecule has 0 aromatic rings. The van der Waals surface area contributed by atoms with E-state index in [1.165, 1.54) is 231 Å². The zero-order valence-electron chi connectivity index (χ0n) is 37.0. The number of rotatable bonds is 46. The maximum absolute atomic E-state index is 12.4. The van der Waals surface area contributed by atoms with E-state index in [0.29, 0.717) is 12.8 Å². The van der Waals surface area contributed by atoms with E-state index >= 15 is 0 Å². The molecule has 0 bridgehead atoms. The van der Waals surface area contributed by atoms with Gasteiger partial charge in [0, 0.05) is 6.42 Å². The molecule has 2 atom stereocenters. The van der Waals surface area contributed by atoms with Crippen LogP contribution in [0.3, 0.4) is 0 Å². The van der Waals surface area contributed by atoms with Gasteiger partial charge in [-0.2, -0.15) is 0 Å². The normalized spacial score (nSPS) is 12.9. The van der Waals surface area contributed by atoms with Crippen molar-refractivity contribution in [2.75, 3.05) is 6.61 Å². The average molecular weight is 762 g/mol. The second-order valence-corrected chi connectivity index (χ2v) is 17.2. The first kappa shape index (κ1) is 53.1. The van der Waals surface area contributed by atoms with Crippen LogP contribution in [-0.4, -0.2) is 34.9 Å². The first-order chi connectivity index (χ1) is 26.7. The first-order valence-electron chi connectivity index (χ1n) is 24.9. The molecule has 0 spiro atoms. The maximum atomic E-state index is 12.4. The molecule has 0 saturated carbocycles. The van der Waals surface area contributed by atoms with E-state index in [1.54, 1.807) is 0 Å². The highest BCUT2D eigenvalue weighted by atomic mass is 16.3. The van der Waals surface area contributed by atoms with Crippen LogP contribution >= 0.6 is 0 Å². The van der Waals surface area contributed by atoms with Crippen molar-refractivity contribution in [3.63, 3.8) is 0 Å². The van der Waals surface area contributed by atoms with E-state index in [-0.39, 0.29) is 12.5 Å². The van der Waals surface area contributed by atoms with E-state index in [4.69, 9.17) is 0 Å². The van der Waals surface area contributed by atoms with Gasteiger partial charge in [-0.3, -0.25) is 4.79 Å². The fraction of sp³-hybridized carbons (Fsp3) is 0.940. The SMILES string of the molecule is CCCCCCCCCCCCCC/C=C\CCCCCCCCCCC(=O)NC(CO)C(O)CCCCCCCCCCCCCCCCCCCC. The van der Waals surface area contributed by atoms with Gasteiger partial charge in [-0.25, -0.2) is 0 Å². The number of unbranched alkanes of at least 4 members (excludes halogenated alkanes) is 37. The third-order valence-electron chi connectivity index (χ3n) is 11.8. The molecule has 2 unspecified atom stereocenters. The summed E-state index contributed by atoms with van der Waals surface area (Å²) in [6, 6.07) is -0.535. The lowest BCUT2D eigenvalue weighted by Gasteiger charge is -2.22. The van der Waals surface area contributed by atoms with Gasteiger partial charge in [0.2, 0.25) is 5.91 Å². The highest BCUT2D eigenvalue weighted by Crippen LogP contribution is 2.17. The molecule has 4 nitrogen and oxygen atoms in total. The number of hydrogen-bond donors (Lipinski definition) is 3. The fourth-order valence-corrected chi connectivity index (χ4v) is 7.95. The molecule has 0 aliphatic heterocycles. The van der Waals surface area contributed by atoms with Gasteiger partial charge in [0.1, 0.15) is 0 Å². The minimum absolute atomic E-state index is 0.0298. The molecule has 322 valence electrons. The quantitative estimate of drug-likeness (QED) is 0.0427. The second-order valence-electron chi connectivity index (χ2n) is 17.2. The van der Waals surface area contributed by atoms with Crippen LogP contribution in [-0.2, 0) is 4.79 Å². The summed E-state index contributed by atoms with van der Waals surface area (Å²) in [5.41, 5.74) is 0. The highest BCUT2D eigenvalue weighted by Gasteiger charge is 2.20. The van der Waals surface area contributed by atoms with Crippen LogP contribution in [0, 0.1) is 0 Å². The van der Waals surface area contributed by atoms with Crippen LogP contribution in [0.25, 0.3) is 0 Å². The van der Waals surface area contributed by atoms with Crippen molar-refractivity contribution in [3.05, 3.63) is 12.2 Å². The van der Waals surface area contributed by atoms with Crippen LogP contribution in [0.15, 0.2) is 12.2 Å². The van der Waals surface area contributed by atoms with Crippen molar-refractivity contribution in [2.24, 2.45) is 0 Å². The molecule has 0 aliphatic carbocycles. The largest absolute Gasteiger partial charge is 0.394 e. The molecule has 1 amide bonds. The number of aliphatic hydroxyl groups is 2. The minimum atomic E-state index is -0.658. The molecule has 3 N–H and O–H groups in total. The van der Waals surface area contributed by atoms with Crippen molar-refractivity contribution in [1.82, 2.24) is 5.32 Å². The van der Waals surface area contributed by atoms with Crippen LogP contribution in [0.5, 0.6) is 0 Å². The van der Waals surface area contributed by atoms with Gasteiger partial charge >= 0.3 is 0 Å². The Morgan fingerprint density at radius 3 is 1.02 bits per heavy atom.